The van der Waals surface area contributed by atoms with Crippen LogP contribution in [0.25, 0.3) is 0 Å². The van der Waals surface area contributed by atoms with Gasteiger partial charge in [0.05, 0.1) is 6.42 Å². The van der Waals surface area contributed by atoms with E-state index >= 15 is 0 Å². The molecule has 1 aliphatic carbocycles. The maximum absolute atomic E-state index is 13.3. The first-order valence-electron chi connectivity index (χ1n) is 11.1. The molecule has 0 radical (unpaired) electrons. The molecule has 1 aromatic rings. The van der Waals surface area contributed by atoms with Crippen molar-refractivity contribution in [2.24, 2.45) is 11.8 Å². The third kappa shape index (κ3) is 4.42. The number of benzene rings is 1. The molecular weight excluding hydrogens is 348 g/mol. The predicted molar refractivity (Wildman–Crippen MR) is 113 cm³/mol. The maximum atomic E-state index is 13.3. The summed E-state index contributed by atoms with van der Waals surface area (Å²) in [6, 6.07) is 8.69. The lowest BCUT2D eigenvalue weighted by atomic mass is 9.69. The summed E-state index contributed by atoms with van der Waals surface area (Å²) in [6.45, 7) is 8.37. The van der Waals surface area contributed by atoms with Gasteiger partial charge in [-0.1, -0.05) is 44.0 Å². The van der Waals surface area contributed by atoms with Crippen LogP contribution in [0.15, 0.2) is 24.3 Å². The van der Waals surface area contributed by atoms with E-state index in [1.165, 1.54) is 12.0 Å². The summed E-state index contributed by atoms with van der Waals surface area (Å²) in [5.74, 6) is 0.759. The lowest BCUT2D eigenvalue weighted by molar-refractivity contribution is -0.148. The SMILES string of the molecule is CC[C@H](C)NC(=O)[C@@H]1C[C@H](C)N(C(=O)Cc2ccccc2C)[C@H]2CCCC[C@@H]12. The van der Waals surface area contributed by atoms with Gasteiger partial charge < -0.3 is 10.2 Å². The van der Waals surface area contributed by atoms with E-state index in [9.17, 15) is 9.59 Å². The molecule has 4 heteroatoms. The smallest absolute Gasteiger partial charge is 0.227 e. The van der Waals surface area contributed by atoms with Crippen molar-refractivity contribution in [3.8, 4) is 0 Å². The van der Waals surface area contributed by atoms with E-state index in [-0.39, 0.29) is 35.9 Å². The number of fused-ring (bicyclic) bond motifs is 1. The quantitative estimate of drug-likeness (QED) is 0.825. The van der Waals surface area contributed by atoms with Crippen molar-refractivity contribution < 1.29 is 9.59 Å². The van der Waals surface area contributed by atoms with Crippen LogP contribution in [-0.4, -0.2) is 34.8 Å². The molecule has 1 aliphatic heterocycles. The highest BCUT2D eigenvalue weighted by molar-refractivity contribution is 5.82. The second-order valence-corrected chi connectivity index (χ2v) is 8.93. The number of carbonyl (C=O) groups is 2. The molecule has 1 saturated carbocycles. The van der Waals surface area contributed by atoms with Crippen LogP contribution in [0.3, 0.4) is 0 Å². The van der Waals surface area contributed by atoms with Crippen LogP contribution in [0.4, 0.5) is 0 Å². The van der Waals surface area contributed by atoms with Crippen molar-refractivity contribution in [2.45, 2.75) is 90.8 Å². The van der Waals surface area contributed by atoms with E-state index < -0.39 is 0 Å². The minimum Gasteiger partial charge on any atom is -0.353 e. The number of nitrogens with one attached hydrogen (secondary N) is 1. The Morgan fingerprint density at radius 2 is 1.93 bits per heavy atom. The first-order chi connectivity index (χ1) is 13.4. The van der Waals surface area contributed by atoms with Gasteiger partial charge in [-0.15, -0.1) is 0 Å². The van der Waals surface area contributed by atoms with Gasteiger partial charge in [0.1, 0.15) is 0 Å². The molecule has 28 heavy (non-hydrogen) atoms. The molecule has 0 bridgehead atoms. The average molecular weight is 385 g/mol. The van der Waals surface area contributed by atoms with Crippen LogP contribution in [0.2, 0.25) is 0 Å². The Balaban J connectivity index is 1.78. The zero-order chi connectivity index (χ0) is 20.3. The van der Waals surface area contributed by atoms with Crippen LogP contribution in [-0.2, 0) is 16.0 Å². The fourth-order valence-corrected chi connectivity index (χ4v) is 5.18. The van der Waals surface area contributed by atoms with Crippen molar-refractivity contribution in [3.63, 3.8) is 0 Å². The Bertz CT molecular complexity index is 702. The fraction of sp³-hybridized carbons (Fsp3) is 0.667. The first-order valence-corrected chi connectivity index (χ1v) is 11.1. The number of rotatable bonds is 5. The molecule has 1 N–H and O–H groups in total. The van der Waals surface area contributed by atoms with Gasteiger partial charge in [0.15, 0.2) is 0 Å². The summed E-state index contributed by atoms with van der Waals surface area (Å²) < 4.78 is 0. The molecule has 0 spiro atoms. The van der Waals surface area contributed by atoms with Gasteiger partial charge in [-0.05, 0) is 63.5 Å². The van der Waals surface area contributed by atoms with E-state index in [2.05, 4.69) is 50.0 Å². The van der Waals surface area contributed by atoms with Crippen molar-refractivity contribution >= 4 is 11.8 Å². The van der Waals surface area contributed by atoms with Crippen LogP contribution >= 0.6 is 0 Å². The Morgan fingerprint density at radius 3 is 2.64 bits per heavy atom. The van der Waals surface area contributed by atoms with E-state index in [0.717, 1.165) is 37.7 Å². The van der Waals surface area contributed by atoms with Crippen LogP contribution in [0.5, 0.6) is 0 Å². The van der Waals surface area contributed by atoms with E-state index in [0.29, 0.717) is 12.3 Å². The number of carbonyl (C=O) groups excluding carboxylic acids is 2. The zero-order valence-electron chi connectivity index (χ0n) is 17.9. The second kappa shape index (κ2) is 9.11. The van der Waals surface area contributed by atoms with Crippen molar-refractivity contribution in [2.75, 3.05) is 0 Å². The van der Waals surface area contributed by atoms with Gasteiger partial charge in [0.2, 0.25) is 11.8 Å². The number of aryl methyl sites for hydroxylation is 1. The molecule has 5 atom stereocenters. The molecule has 3 rings (SSSR count). The lowest BCUT2D eigenvalue weighted by Gasteiger charge is -2.51. The summed E-state index contributed by atoms with van der Waals surface area (Å²) in [4.78, 5) is 28.4. The van der Waals surface area contributed by atoms with Gasteiger partial charge >= 0.3 is 0 Å². The molecule has 2 aliphatic rings. The second-order valence-electron chi connectivity index (χ2n) is 8.93. The predicted octanol–water partition coefficient (Wildman–Crippen LogP) is 4.25. The van der Waals surface area contributed by atoms with Gasteiger partial charge in [-0.3, -0.25) is 9.59 Å². The number of likely N-dealkylation sites (tertiary alicyclic amines) is 1. The van der Waals surface area contributed by atoms with Crippen molar-refractivity contribution in [1.29, 1.82) is 0 Å². The minimum absolute atomic E-state index is 0.0387. The lowest BCUT2D eigenvalue weighted by Crippen LogP contribution is -2.59. The number of amides is 2. The van der Waals surface area contributed by atoms with Gasteiger partial charge in [0, 0.05) is 24.0 Å². The van der Waals surface area contributed by atoms with Gasteiger partial charge in [0.25, 0.3) is 0 Å². The van der Waals surface area contributed by atoms with Crippen molar-refractivity contribution in [3.05, 3.63) is 35.4 Å². The highest BCUT2D eigenvalue weighted by atomic mass is 16.2. The topological polar surface area (TPSA) is 49.4 Å². The van der Waals surface area contributed by atoms with Gasteiger partial charge in [-0.25, -0.2) is 0 Å². The molecule has 1 aromatic carbocycles. The molecule has 4 nitrogen and oxygen atoms in total. The summed E-state index contributed by atoms with van der Waals surface area (Å²) in [7, 11) is 0. The third-order valence-corrected chi connectivity index (χ3v) is 6.95. The largest absolute Gasteiger partial charge is 0.353 e. The van der Waals surface area contributed by atoms with Crippen LogP contribution in [0, 0.1) is 18.8 Å². The summed E-state index contributed by atoms with van der Waals surface area (Å²) >= 11 is 0. The number of piperidine rings is 1. The first kappa shape index (κ1) is 20.9. The fourth-order valence-electron chi connectivity index (χ4n) is 5.18. The van der Waals surface area contributed by atoms with Crippen LogP contribution < -0.4 is 5.32 Å². The minimum atomic E-state index is 0.0387. The molecule has 1 saturated heterocycles. The summed E-state index contributed by atoms with van der Waals surface area (Å²) in [5, 5.41) is 3.20. The van der Waals surface area contributed by atoms with Crippen LogP contribution in [0.1, 0.15) is 70.4 Å². The number of nitrogens with zero attached hydrogens (tertiary/aromatic N) is 1. The van der Waals surface area contributed by atoms with E-state index in [4.69, 9.17) is 0 Å². The van der Waals surface area contributed by atoms with E-state index in [1.807, 2.05) is 12.1 Å². The molecule has 0 unspecified atom stereocenters. The Labute approximate surface area is 170 Å². The standard InChI is InChI=1S/C24H36N2O2/c1-5-17(3)25-24(28)21-14-18(4)26(22-13-9-8-12-20(21)22)23(27)15-19-11-7-6-10-16(19)2/h6-7,10-11,17-18,20-22H,5,8-9,12-15H2,1-4H3,(H,25,28)/t17-,18-,20-,21+,22-/m0/s1. The summed E-state index contributed by atoms with van der Waals surface area (Å²) in [5.41, 5.74) is 2.29. The molecule has 2 amide bonds. The average Bonchev–Trinajstić information content (AvgIpc) is 2.68. The van der Waals surface area contributed by atoms with Gasteiger partial charge in [-0.2, -0.15) is 0 Å². The Morgan fingerprint density at radius 1 is 1.21 bits per heavy atom. The molecule has 0 aromatic heterocycles. The molecular formula is C24H36N2O2. The Kier molecular flexibility index (Phi) is 6.79. The highest BCUT2D eigenvalue weighted by Crippen LogP contribution is 2.42. The van der Waals surface area contributed by atoms with Crippen molar-refractivity contribution in [1.82, 2.24) is 10.2 Å². The normalized spacial score (nSPS) is 28.4. The molecule has 1 heterocycles. The number of hydrogen-bond acceptors (Lipinski definition) is 2. The maximum Gasteiger partial charge on any atom is 0.227 e. The monoisotopic (exact) mass is 384 g/mol. The third-order valence-electron chi connectivity index (χ3n) is 6.95. The Hall–Kier alpha value is -1.84. The number of hydrogen-bond donors (Lipinski definition) is 1. The highest BCUT2D eigenvalue weighted by Gasteiger charge is 2.46. The summed E-state index contributed by atoms with van der Waals surface area (Å²) in [6.07, 6.45) is 6.60. The zero-order valence-corrected chi connectivity index (χ0v) is 17.9. The van der Waals surface area contributed by atoms with E-state index in [1.54, 1.807) is 0 Å². The molecule has 2 fully saturated rings. The molecule has 154 valence electrons.